The summed E-state index contributed by atoms with van der Waals surface area (Å²) in [6, 6.07) is 7.27. The van der Waals surface area contributed by atoms with E-state index in [4.69, 9.17) is 11.5 Å². The van der Waals surface area contributed by atoms with Crippen molar-refractivity contribution in [3.8, 4) is 0 Å². The van der Waals surface area contributed by atoms with Gasteiger partial charge in [0.1, 0.15) is 6.04 Å². The highest BCUT2D eigenvalue weighted by atomic mass is 16.4. The van der Waals surface area contributed by atoms with Crippen LogP contribution in [0.2, 0.25) is 0 Å². The Morgan fingerprint density at radius 1 is 1.10 bits per heavy atom. The summed E-state index contributed by atoms with van der Waals surface area (Å²) in [5.74, 6) is -1.58. The first-order valence-electron chi connectivity index (χ1n) is 11.0. The van der Waals surface area contributed by atoms with Crippen molar-refractivity contribution >= 4 is 23.6 Å². The van der Waals surface area contributed by atoms with Crippen molar-refractivity contribution in [1.82, 2.24) is 10.6 Å². The van der Waals surface area contributed by atoms with Gasteiger partial charge in [0, 0.05) is 12.2 Å². The van der Waals surface area contributed by atoms with Crippen molar-refractivity contribution in [2.75, 3.05) is 18.0 Å². The number of hydrogen-bond donors (Lipinski definition) is 5. The van der Waals surface area contributed by atoms with Gasteiger partial charge in [0.15, 0.2) is 5.66 Å². The molecule has 0 aliphatic rings. The van der Waals surface area contributed by atoms with Crippen molar-refractivity contribution < 1.29 is 19.5 Å². The van der Waals surface area contributed by atoms with Crippen LogP contribution in [0.5, 0.6) is 0 Å². The van der Waals surface area contributed by atoms with Gasteiger partial charge in [-0.3, -0.25) is 4.79 Å². The largest absolute Gasteiger partial charge is 0.480 e. The molecule has 0 fully saturated rings. The highest BCUT2D eigenvalue weighted by molar-refractivity contribution is 6.02. The van der Waals surface area contributed by atoms with E-state index < -0.39 is 29.6 Å². The van der Waals surface area contributed by atoms with Gasteiger partial charge in [0.2, 0.25) is 0 Å². The molecule has 31 heavy (non-hydrogen) atoms. The third-order valence-corrected chi connectivity index (χ3v) is 4.95. The number of carboxylic acid groups (broad SMARTS) is 1. The number of hydrogen-bond acceptors (Lipinski definition) is 5. The first kappa shape index (κ1) is 26.4. The molecule has 0 saturated heterocycles. The molecule has 7 N–H and O–H groups in total. The van der Waals surface area contributed by atoms with Gasteiger partial charge in [-0.05, 0) is 57.2 Å². The molecule has 1 rings (SSSR count). The average Bonchev–Trinajstić information content (AvgIpc) is 2.75. The van der Waals surface area contributed by atoms with Crippen LogP contribution in [-0.2, 0) is 9.59 Å². The topological polar surface area (TPSA) is 151 Å². The van der Waals surface area contributed by atoms with E-state index in [1.807, 2.05) is 44.2 Å². The zero-order valence-electron chi connectivity index (χ0n) is 18.6. The second kappa shape index (κ2) is 13.6. The summed E-state index contributed by atoms with van der Waals surface area (Å²) >= 11 is 0. The van der Waals surface area contributed by atoms with E-state index in [9.17, 15) is 19.5 Å². The lowest BCUT2D eigenvalue weighted by molar-refractivity contribution is -0.139. The average molecular weight is 436 g/mol. The third-order valence-electron chi connectivity index (χ3n) is 4.95. The van der Waals surface area contributed by atoms with E-state index in [0.29, 0.717) is 44.5 Å². The first-order chi connectivity index (χ1) is 14.8. The van der Waals surface area contributed by atoms with Gasteiger partial charge >= 0.3 is 12.0 Å². The van der Waals surface area contributed by atoms with Crippen LogP contribution in [0.3, 0.4) is 0 Å². The number of urea groups is 1. The second-order valence-corrected chi connectivity index (χ2v) is 7.64. The zero-order valence-corrected chi connectivity index (χ0v) is 18.6. The van der Waals surface area contributed by atoms with Crippen molar-refractivity contribution in [3.63, 3.8) is 0 Å². The van der Waals surface area contributed by atoms with E-state index in [-0.39, 0.29) is 12.8 Å². The monoisotopic (exact) mass is 435 g/mol. The third kappa shape index (κ3) is 8.55. The second-order valence-electron chi connectivity index (χ2n) is 7.64. The summed E-state index contributed by atoms with van der Waals surface area (Å²) in [4.78, 5) is 39.1. The van der Waals surface area contributed by atoms with Gasteiger partial charge in [0.05, 0.1) is 0 Å². The predicted molar refractivity (Wildman–Crippen MR) is 122 cm³/mol. The molecule has 0 aliphatic carbocycles. The molecule has 2 atom stereocenters. The van der Waals surface area contributed by atoms with Crippen LogP contribution < -0.4 is 27.0 Å². The molecule has 174 valence electrons. The van der Waals surface area contributed by atoms with Gasteiger partial charge in [-0.15, -0.1) is 0 Å². The highest BCUT2D eigenvalue weighted by Crippen LogP contribution is 2.20. The Kier molecular flexibility index (Phi) is 11.6. The Hall–Kier alpha value is -2.65. The molecule has 1 aromatic carbocycles. The molecule has 0 aliphatic heterocycles. The van der Waals surface area contributed by atoms with Gasteiger partial charge in [0.25, 0.3) is 5.91 Å². The maximum Gasteiger partial charge on any atom is 0.326 e. The van der Waals surface area contributed by atoms with E-state index in [1.165, 1.54) is 0 Å². The minimum atomic E-state index is -1.66. The minimum absolute atomic E-state index is 0.230. The molecule has 1 aromatic rings. The number of nitrogens with two attached hydrogens (primary N) is 2. The van der Waals surface area contributed by atoms with Crippen molar-refractivity contribution in [2.24, 2.45) is 11.5 Å². The quantitative estimate of drug-likeness (QED) is 0.223. The maximum atomic E-state index is 13.5. The molecule has 9 nitrogen and oxygen atoms in total. The van der Waals surface area contributed by atoms with E-state index in [1.54, 1.807) is 4.90 Å². The van der Waals surface area contributed by atoms with Crippen molar-refractivity contribution in [3.05, 3.63) is 30.3 Å². The molecule has 0 radical (unpaired) electrons. The summed E-state index contributed by atoms with van der Waals surface area (Å²) in [5, 5.41) is 14.4. The maximum absolute atomic E-state index is 13.5. The van der Waals surface area contributed by atoms with Crippen molar-refractivity contribution in [2.45, 2.75) is 70.5 Å². The van der Waals surface area contributed by atoms with Crippen LogP contribution >= 0.6 is 0 Å². The molecule has 0 bridgehead atoms. The molecule has 2 unspecified atom stereocenters. The van der Waals surface area contributed by atoms with Crippen molar-refractivity contribution in [1.29, 1.82) is 0 Å². The number of amides is 3. The lowest BCUT2D eigenvalue weighted by Gasteiger charge is -2.35. The number of nitrogens with zero attached hydrogens (tertiary/aromatic N) is 1. The number of nitrogens with one attached hydrogen (secondary N) is 2. The number of carbonyl (C=O) groups is 3. The fourth-order valence-corrected chi connectivity index (χ4v) is 3.25. The predicted octanol–water partition coefficient (Wildman–Crippen LogP) is 2.16. The van der Waals surface area contributed by atoms with Crippen LogP contribution in [-0.4, -0.2) is 47.8 Å². The fraction of sp³-hybridized carbons (Fsp3) is 0.591. The summed E-state index contributed by atoms with van der Waals surface area (Å²) in [6.45, 7) is 4.80. The number of carboxylic acids is 1. The summed E-state index contributed by atoms with van der Waals surface area (Å²) in [5.41, 5.74) is 10.9. The molecule has 9 heteroatoms. The van der Waals surface area contributed by atoms with Gasteiger partial charge in [-0.25, -0.2) is 9.59 Å². The SMILES string of the molecule is CCCCC(N)(NC(=O)NC(CCCCN)C(=O)O)C(=O)N(CCC)c1ccccc1. The number of para-hydroxylation sites is 1. The standard InChI is InChI=1S/C22H37N5O4/c1-3-5-14-22(24,20(30)27(16-4-2)17-11-7-6-8-12-17)26-21(31)25-18(19(28)29)13-9-10-15-23/h6-8,11-12,18H,3-5,9-10,13-16,23-24H2,1-2H3,(H,28,29)(H2,25,26,31). The molecule has 0 aromatic heterocycles. The van der Waals surface area contributed by atoms with Gasteiger partial charge in [-0.2, -0.15) is 0 Å². The Labute approximate surface area is 184 Å². The van der Waals surface area contributed by atoms with E-state index in [2.05, 4.69) is 10.6 Å². The summed E-state index contributed by atoms with van der Waals surface area (Å²) in [7, 11) is 0. The van der Waals surface area contributed by atoms with Crippen LogP contribution in [0.15, 0.2) is 30.3 Å². The summed E-state index contributed by atoms with van der Waals surface area (Å²) < 4.78 is 0. The molecule has 0 spiro atoms. The Bertz CT molecular complexity index is 700. The smallest absolute Gasteiger partial charge is 0.326 e. The number of unbranched alkanes of at least 4 members (excludes halogenated alkanes) is 2. The lowest BCUT2D eigenvalue weighted by atomic mass is 10.0. The Balaban J connectivity index is 3.03. The van der Waals surface area contributed by atoms with Crippen LogP contribution in [0, 0.1) is 0 Å². The first-order valence-corrected chi connectivity index (χ1v) is 11.0. The molecule has 0 saturated carbocycles. The Morgan fingerprint density at radius 3 is 2.32 bits per heavy atom. The lowest BCUT2D eigenvalue weighted by Crippen LogP contribution is -2.68. The Morgan fingerprint density at radius 2 is 1.77 bits per heavy atom. The minimum Gasteiger partial charge on any atom is -0.480 e. The van der Waals surface area contributed by atoms with Gasteiger partial charge in [-0.1, -0.05) is 38.5 Å². The summed E-state index contributed by atoms with van der Waals surface area (Å²) in [6.07, 6.45) is 3.81. The number of carbonyl (C=O) groups excluding carboxylic acids is 2. The van der Waals surface area contributed by atoms with Gasteiger partial charge < -0.3 is 32.1 Å². The molecule has 3 amide bonds. The number of rotatable bonds is 14. The van der Waals surface area contributed by atoms with Crippen LogP contribution in [0.25, 0.3) is 0 Å². The molecular weight excluding hydrogens is 398 g/mol. The van der Waals surface area contributed by atoms with Crippen LogP contribution in [0.4, 0.5) is 10.5 Å². The fourth-order valence-electron chi connectivity index (χ4n) is 3.25. The number of benzene rings is 1. The van der Waals surface area contributed by atoms with E-state index >= 15 is 0 Å². The molecular formula is C22H37N5O4. The van der Waals surface area contributed by atoms with Crippen LogP contribution in [0.1, 0.15) is 58.8 Å². The highest BCUT2D eigenvalue weighted by Gasteiger charge is 2.39. The van der Waals surface area contributed by atoms with E-state index in [0.717, 1.165) is 6.42 Å². The number of aliphatic carboxylic acids is 1. The molecule has 0 heterocycles. The normalized spacial score (nSPS) is 13.7. The number of anilines is 1. The zero-order chi connectivity index (χ0) is 23.3.